The van der Waals surface area contributed by atoms with Gasteiger partial charge < -0.3 is 4.90 Å². The molecular formula is C13H11ClF3N3O4. The Balaban J connectivity index is 2.36. The molecular weight excluding hydrogens is 355 g/mol. The molecule has 0 spiro atoms. The molecule has 0 radical (unpaired) electrons. The third-order valence-corrected chi connectivity index (χ3v) is 3.83. The summed E-state index contributed by atoms with van der Waals surface area (Å²) in [6.45, 7) is 0.825. The molecule has 11 heteroatoms. The molecule has 1 aliphatic heterocycles. The topological polar surface area (TPSA) is 92.6 Å². The molecule has 2 rings (SSSR count). The van der Waals surface area contributed by atoms with Crippen molar-refractivity contribution in [3.8, 4) is 0 Å². The van der Waals surface area contributed by atoms with Crippen molar-refractivity contribution >= 4 is 29.2 Å². The van der Waals surface area contributed by atoms with Crippen LogP contribution in [0.25, 0.3) is 0 Å². The highest BCUT2D eigenvalue weighted by molar-refractivity contribution is 6.36. The van der Waals surface area contributed by atoms with E-state index in [1.165, 1.54) is 4.90 Å². The predicted octanol–water partition coefficient (Wildman–Crippen LogP) is 3.21. The van der Waals surface area contributed by atoms with Crippen LogP contribution in [-0.2, 0) is 6.18 Å². The van der Waals surface area contributed by atoms with Gasteiger partial charge in [-0.05, 0) is 18.9 Å². The number of nitrogens with zero attached hydrogens (tertiary/aromatic N) is 2. The van der Waals surface area contributed by atoms with Gasteiger partial charge in [0.15, 0.2) is 0 Å². The highest BCUT2D eigenvalue weighted by atomic mass is 35.5. The number of imide groups is 1. The number of urea groups is 1. The quantitative estimate of drug-likeness (QED) is 0.643. The van der Waals surface area contributed by atoms with Crippen LogP contribution in [0.3, 0.4) is 0 Å². The first kappa shape index (κ1) is 18.0. The fourth-order valence-corrected chi connectivity index (χ4v) is 2.50. The van der Waals surface area contributed by atoms with Gasteiger partial charge in [-0.3, -0.25) is 20.2 Å². The van der Waals surface area contributed by atoms with E-state index < -0.39 is 44.9 Å². The lowest BCUT2D eigenvalue weighted by Crippen LogP contribution is -2.41. The summed E-state index contributed by atoms with van der Waals surface area (Å²) in [5.74, 6) is -1.23. The minimum atomic E-state index is -4.91. The number of rotatable bonds is 2. The molecule has 1 fully saturated rings. The molecule has 1 N–H and O–H groups in total. The number of likely N-dealkylation sites (tertiary alicyclic amines) is 1. The van der Waals surface area contributed by atoms with Crippen LogP contribution in [0, 0.1) is 10.1 Å². The van der Waals surface area contributed by atoms with Gasteiger partial charge in [0.2, 0.25) is 0 Å². The molecule has 1 saturated heterocycles. The number of alkyl halides is 3. The molecule has 0 atom stereocenters. The summed E-state index contributed by atoms with van der Waals surface area (Å²) in [5, 5.41) is 12.0. The van der Waals surface area contributed by atoms with Gasteiger partial charge in [0, 0.05) is 19.2 Å². The highest BCUT2D eigenvalue weighted by Gasteiger charge is 2.36. The van der Waals surface area contributed by atoms with Crippen LogP contribution in [-0.4, -0.2) is 34.9 Å². The monoisotopic (exact) mass is 365 g/mol. The molecule has 0 unspecified atom stereocenters. The summed E-state index contributed by atoms with van der Waals surface area (Å²) < 4.78 is 38.5. The van der Waals surface area contributed by atoms with Crippen LogP contribution in [0.1, 0.15) is 28.8 Å². The molecule has 1 aromatic carbocycles. The SMILES string of the molecule is O=C(NC(=O)N1CCCC1)c1cc(C(F)(F)F)cc([N+](=O)[O-])c1Cl. The summed E-state index contributed by atoms with van der Waals surface area (Å²) in [6, 6.07) is -0.169. The minimum absolute atomic E-state index is 0.238. The molecule has 1 aromatic rings. The normalized spacial score (nSPS) is 14.6. The van der Waals surface area contributed by atoms with E-state index in [-0.39, 0.29) is 6.07 Å². The number of benzene rings is 1. The number of nitro benzene ring substituents is 1. The van der Waals surface area contributed by atoms with Crippen molar-refractivity contribution in [1.82, 2.24) is 10.2 Å². The second-order valence-electron chi connectivity index (χ2n) is 5.07. The van der Waals surface area contributed by atoms with Crippen LogP contribution >= 0.6 is 11.6 Å². The second-order valence-corrected chi connectivity index (χ2v) is 5.44. The standard InChI is InChI=1S/C13H11ClF3N3O4/c14-10-8(11(21)18-12(22)19-3-1-2-4-19)5-7(13(15,16)17)6-9(10)20(23)24/h5-6H,1-4H2,(H,18,21,22). The van der Waals surface area contributed by atoms with E-state index in [0.717, 1.165) is 12.8 Å². The van der Waals surface area contributed by atoms with E-state index in [9.17, 15) is 32.9 Å². The largest absolute Gasteiger partial charge is 0.416 e. The maximum absolute atomic E-state index is 12.8. The fourth-order valence-electron chi connectivity index (χ4n) is 2.23. The van der Waals surface area contributed by atoms with Gasteiger partial charge in [-0.2, -0.15) is 13.2 Å². The van der Waals surface area contributed by atoms with Crippen molar-refractivity contribution < 1.29 is 27.7 Å². The van der Waals surface area contributed by atoms with E-state index in [1.54, 1.807) is 0 Å². The van der Waals surface area contributed by atoms with E-state index >= 15 is 0 Å². The third kappa shape index (κ3) is 3.75. The smallest absolute Gasteiger partial charge is 0.324 e. The van der Waals surface area contributed by atoms with E-state index in [0.29, 0.717) is 19.2 Å². The summed E-state index contributed by atoms with van der Waals surface area (Å²) >= 11 is 5.67. The van der Waals surface area contributed by atoms with E-state index in [2.05, 4.69) is 0 Å². The lowest BCUT2D eigenvalue weighted by Gasteiger charge is -2.16. The van der Waals surface area contributed by atoms with E-state index in [1.807, 2.05) is 5.32 Å². The average molecular weight is 366 g/mol. The zero-order valence-corrected chi connectivity index (χ0v) is 12.8. The first-order valence-electron chi connectivity index (χ1n) is 6.76. The van der Waals surface area contributed by atoms with Gasteiger partial charge in [0.25, 0.3) is 11.6 Å². The summed E-state index contributed by atoms with van der Waals surface area (Å²) in [7, 11) is 0. The Bertz CT molecular complexity index is 702. The number of carbonyl (C=O) groups excluding carboxylic acids is 2. The summed E-state index contributed by atoms with van der Waals surface area (Å²) in [5.41, 5.74) is -3.26. The van der Waals surface area contributed by atoms with Crippen molar-refractivity contribution in [3.05, 3.63) is 38.4 Å². The van der Waals surface area contributed by atoms with Crippen LogP contribution in [0.4, 0.5) is 23.7 Å². The maximum atomic E-state index is 12.8. The summed E-state index contributed by atoms with van der Waals surface area (Å²) in [4.78, 5) is 34.9. The molecule has 0 bridgehead atoms. The molecule has 7 nitrogen and oxygen atoms in total. The molecule has 130 valence electrons. The second kappa shape index (κ2) is 6.63. The molecule has 0 aliphatic carbocycles. The summed E-state index contributed by atoms with van der Waals surface area (Å²) in [6.07, 6.45) is -3.42. The first-order valence-corrected chi connectivity index (χ1v) is 7.14. The van der Waals surface area contributed by atoms with E-state index in [4.69, 9.17) is 11.6 Å². The molecule has 0 saturated carbocycles. The first-order chi connectivity index (χ1) is 11.1. The van der Waals surface area contributed by atoms with Crippen LogP contribution < -0.4 is 5.32 Å². The number of halogens is 4. The van der Waals surface area contributed by atoms with Crippen LogP contribution in [0.5, 0.6) is 0 Å². The van der Waals surface area contributed by atoms with Gasteiger partial charge in [0.1, 0.15) is 5.02 Å². The van der Waals surface area contributed by atoms with Crippen molar-refractivity contribution in [2.24, 2.45) is 0 Å². The Kier molecular flexibility index (Phi) is 4.97. The Morgan fingerprint density at radius 3 is 2.33 bits per heavy atom. The van der Waals surface area contributed by atoms with Crippen LogP contribution in [0.2, 0.25) is 5.02 Å². The van der Waals surface area contributed by atoms with Gasteiger partial charge in [0.05, 0.1) is 16.1 Å². The van der Waals surface area contributed by atoms with Gasteiger partial charge in [-0.1, -0.05) is 11.6 Å². The van der Waals surface area contributed by atoms with Gasteiger partial charge in [-0.25, -0.2) is 4.79 Å². The third-order valence-electron chi connectivity index (χ3n) is 3.44. The Morgan fingerprint density at radius 2 is 1.83 bits per heavy atom. The number of nitro groups is 1. The van der Waals surface area contributed by atoms with Crippen molar-refractivity contribution in [2.75, 3.05) is 13.1 Å². The lowest BCUT2D eigenvalue weighted by molar-refractivity contribution is -0.385. The van der Waals surface area contributed by atoms with Crippen molar-refractivity contribution in [2.45, 2.75) is 19.0 Å². The Morgan fingerprint density at radius 1 is 1.25 bits per heavy atom. The molecule has 0 aromatic heterocycles. The van der Waals surface area contributed by atoms with Gasteiger partial charge in [-0.15, -0.1) is 0 Å². The number of amides is 3. The molecule has 1 aliphatic rings. The molecule has 1 heterocycles. The number of carbonyl (C=O) groups is 2. The fraction of sp³-hybridized carbons (Fsp3) is 0.385. The number of nitrogens with one attached hydrogen (secondary N) is 1. The minimum Gasteiger partial charge on any atom is -0.324 e. The molecule has 3 amide bonds. The maximum Gasteiger partial charge on any atom is 0.416 e. The van der Waals surface area contributed by atoms with Crippen molar-refractivity contribution in [1.29, 1.82) is 0 Å². The predicted molar refractivity (Wildman–Crippen MR) is 76.8 cm³/mol. The lowest BCUT2D eigenvalue weighted by atomic mass is 10.1. The van der Waals surface area contributed by atoms with Crippen molar-refractivity contribution in [3.63, 3.8) is 0 Å². The number of hydrogen-bond donors (Lipinski definition) is 1. The number of hydrogen-bond acceptors (Lipinski definition) is 4. The zero-order chi connectivity index (χ0) is 18.1. The zero-order valence-electron chi connectivity index (χ0n) is 12.0. The van der Waals surface area contributed by atoms with Gasteiger partial charge >= 0.3 is 12.2 Å². The Labute approximate surface area is 138 Å². The average Bonchev–Trinajstić information content (AvgIpc) is 2.99. The molecule has 24 heavy (non-hydrogen) atoms. The highest BCUT2D eigenvalue weighted by Crippen LogP contribution is 2.37. The Hall–Kier alpha value is -2.36. The van der Waals surface area contributed by atoms with Crippen LogP contribution in [0.15, 0.2) is 12.1 Å².